The molecular weight excluding hydrogens is 170 g/mol. The van der Waals surface area contributed by atoms with Gasteiger partial charge in [-0.25, -0.2) is 0 Å². The predicted molar refractivity (Wildman–Crippen MR) is 62.2 cm³/mol. The first-order chi connectivity index (χ1) is 6.74. The summed E-state index contributed by atoms with van der Waals surface area (Å²) in [6.45, 7) is 10.5. The third kappa shape index (κ3) is 3.19. The molecule has 0 fully saturated rings. The van der Waals surface area contributed by atoms with Gasteiger partial charge in [-0.1, -0.05) is 48.6 Å². The summed E-state index contributed by atoms with van der Waals surface area (Å²) in [6, 6.07) is 10.5. The molecule has 14 heavy (non-hydrogen) atoms. The van der Waals surface area contributed by atoms with Crippen molar-refractivity contribution >= 4 is 0 Å². The van der Waals surface area contributed by atoms with Gasteiger partial charge in [0.15, 0.2) is 0 Å². The maximum atomic E-state index is 3.86. The van der Waals surface area contributed by atoms with E-state index in [9.17, 15) is 0 Å². The summed E-state index contributed by atoms with van der Waals surface area (Å²) in [5.41, 5.74) is 2.37. The van der Waals surface area contributed by atoms with Crippen LogP contribution in [-0.2, 0) is 0 Å². The van der Waals surface area contributed by atoms with Gasteiger partial charge in [-0.3, -0.25) is 0 Å². The van der Waals surface area contributed by atoms with E-state index in [1.165, 1.54) is 5.56 Å². The van der Waals surface area contributed by atoms with Crippen molar-refractivity contribution < 1.29 is 0 Å². The van der Waals surface area contributed by atoms with Crippen molar-refractivity contribution in [1.82, 2.24) is 5.32 Å². The fraction of sp³-hybridized carbons (Fsp3) is 0.231. The molecule has 1 aromatic carbocycles. The Morgan fingerprint density at radius 1 is 1.43 bits per heavy atom. The highest BCUT2D eigenvalue weighted by Crippen LogP contribution is 2.12. The lowest BCUT2D eigenvalue weighted by Gasteiger charge is -2.14. The number of rotatable bonds is 5. The lowest BCUT2D eigenvalue weighted by molar-refractivity contribution is 0.660. The molecule has 74 valence electrons. The smallest absolute Gasteiger partial charge is 0.0506 e. The van der Waals surface area contributed by atoms with Gasteiger partial charge in [-0.2, -0.15) is 0 Å². The topological polar surface area (TPSA) is 12.0 Å². The summed E-state index contributed by atoms with van der Waals surface area (Å²) in [6.07, 6.45) is 1.91. The first-order valence-electron chi connectivity index (χ1n) is 4.79. The van der Waals surface area contributed by atoms with Gasteiger partial charge in [-0.05, 0) is 12.5 Å². The Labute approximate surface area is 86.2 Å². The van der Waals surface area contributed by atoms with Crippen molar-refractivity contribution in [3.63, 3.8) is 0 Å². The predicted octanol–water partition coefficient (Wildman–Crippen LogP) is 3.08. The maximum absolute atomic E-state index is 3.86. The van der Waals surface area contributed by atoms with Crippen molar-refractivity contribution in [3.05, 3.63) is 60.7 Å². The third-order valence-corrected chi connectivity index (χ3v) is 2.02. The molecular formula is C13H17N. The van der Waals surface area contributed by atoms with Crippen LogP contribution in [0, 0.1) is 0 Å². The standard InChI is InChI=1S/C13H17N/c1-4-13(14-10-11(2)3)12-8-6-5-7-9-12/h4-9,13-14H,1-2,10H2,3H3. The molecule has 0 spiro atoms. The Hall–Kier alpha value is -1.34. The molecule has 0 heterocycles. The van der Waals surface area contributed by atoms with Gasteiger partial charge >= 0.3 is 0 Å². The van der Waals surface area contributed by atoms with Crippen LogP contribution in [0.25, 0.3) is 0 Å². The molecule has 1 N–H and O–H groups in total. The fourth-order valence-electron chi connectivity index (χ4n) is 1.28. The highest BCUT2D eigenvalue weighted by atomic mass is 14.9. The zero-order valence-corrected chi connectivity index (χ0v) is 8.66. The van der Waals surface area contributed by atoms with Crippen LogP contribution in [0.1, 0.15) is 18.5 Å². The molecule has 1 unspecified atom stereocenters. The first-order valence-corrected chi connectivity index (χ1v) is 4.79. The number of hydrogen-bond acceptors (Lipinski definition) is 1. The zero-order chi connectivity index (χ0) is 10.4. The van der Waals surface area contributed by atoms with Crippen LogP contribution in [0.4, 0.5) is 0 Å². The van der Waals surface area contributed by atoms with Crippen LogP contribution in [0.2, 0.25) is 0 Å². The van der Waals surface area contributed by atoms with Gasteiger partial charge < -0.3 is 5.32 Å². The molecule has 1 heteroatoms. The summed E-state index contributed by atoms with van der Waals surface area (Å²) in [7, 11) is 0. The van der Waals surface area contributed by atoms with Crippen molar-refractivity contribution in [2.45, 2.75) is 13.0 Å². The van der Waals surface area contributed by atoms with E-state index >= 15 is 0 Å². The monoisotopic (exact) mass is 187 g/mol. The van der Waals surface area contributed by atoms with Crippen molar-refractivity contribution in [2.24, 2.45) is 0 Å². The van der Waals surface area contributed by atoms with Crippen LogP contribution in [0.15, 0.2) is 55.1 Å². The van der Waals surface area contributed by atoms with E-state index < -0.39 is 0 Å². The van der Waals surface area contributed by atoms with E-state index in [4.69, 9.17) is 0 Å². The lowest BCUT2D eigenvalue weighted by Crippen LogP contribution is -2.20. The molecule has 0 amide bonds. The second kappa shape index (κ2) is 5.40. The van der Waals surface area contributed by atoms with Gasteiger partial charge in [-0.15, -0.1) is 6.58 Å². The average molecular weight is 187 g/mol. The van der Waals surface area contributed by atoms with Crippen LogP contribution in [0.3, 0.4) is 0 Å². The van der Waals surface area contributed by atoms with E-state index in [-0.39, 0.29) is 6.04 Å². The van der Waals surface area contributed by atoms with E-state index in [0.29, 0.717) is 0 Å². The van der Waals surface area contributed by atoms with E-state index in [2.05, 4.69) is 30.6 Å². The molecule has 0 aliphatic carbocycles. The Kier molecular flexibility index (Phi) is 4.14. The summed E-state index contributed by atoms with van der Waals surface area (Å²) < 4.78 is 0. The Bertz CT molecular complexity index is 300. The van der Waals surface area contributed by atoms with Crippen LogP contribution in [0.5, 0.6) is 0 Å². The van der Waals surface area contributed by atoms with Crippen molar-refractivity contribution in [1.29, 1.82) is 0 Å². The second-order valence-electron chi connectivity index (χ2n) is 3.46. The highest BCUT2D eigenvalue weighted by Gasteiger charge is 2.04. The van der Waals surface area contributed by atoms with Crippen LogP contribution >= 0.6 is 0 Å². The lowest BCUT2D eigenvalue weighted by atomic mass is 10.1. The molecule has 0 aromatic heterocycles. The van der Waals surface area contributed by atoms with Crippen LogP contribution < -0.4 is 5.32 Å². The molecule has 1 rings (SSSR count). The molecule has 0 saturated carbocycles. The minimum atomic E-state index is 0.216. The number of hydrogen-bond donors (Lipinski definition) is 1. The first kappa shape index (κ1) is 10.7. The van der Waals surface area contributed by atoms with Gasteiger partial charge in [0, 0.05) is 6.54 Å². The van der Waals surface area contributed by atoms with E-state index in [1.54, 1.807) is 0 Å². The van der Waals surface area contributed by atoms with Gasteiger partial charge in [0.1, 0.15) is 0 Å². The summed E-state index contributed by atoms with van der Waals surface area (Å²) in [5, 5.41) is 3.37. The van der Waals surface area contributed by atoms with Gasteiger partial charge in [0.25, 0.3) is 0 Å². The fourth-order valence-corrected chi connectivity index (χ4v) is 1.28. The molecule has 0 radical (unpaired) electrons. The second-order valence-corrected chi connectivity index (χ2v) is 3.46. The molecule has 1 nitrogen and oxygen atoms in total. The van der Waals surface area contributed by atoms with Gasteiger partial charge in [0.05, 0.1) is 6.04 Å². The van der Waals surface area contributed by atoms with E-state index in [1.807, 2.05) is 31.2 Å². The van der Waals surface area contributed by atoms with Gasteiger partial charge in [0.2, 0.25) is 0 Å². The molecule has 0 bridgehead atoms. The Morgan fingerprint density at radius 3 is 2.57 bits per heavy atom. The number of benzene rings is 1. The largest absolute Gasteiger partial charge is 0.303 e. The summed E-state index contributed by atoms with van der Waals surface area (Å²) in [5.74, 6) is 0. The summed E-state index contributed by atoms with van der Waals surface area (Å²) >= 11 is 0. The minimum absolute atomic E-state index is 0.216. The van der Waals surface area contributed by atoms with Crippen molar-refractivity contribution in [2.75, 3.05) is 6.54 Å². The SMILES string of the molecule is C=CC(NCC(=C)C)c1ccccc1. The average Bonchev–Trinajstić information content (AvgIpc) is 2.20. The summed E-state index contributed by atoms with van der Waals surface area (Å²) in [4.78, 5) is 0. The normalized spacial score (nSPS) is 12.1. The zero-order valence-electron chi connectivity index (χ0n) is 8.66. The molecule has 0 saturated heterocycles. The Balaban J connectivity index is 2.63. The Morgan fingerprint density at radius 2 is 2.07 bits per heavy atom. The molecule has 1 aromatic rings. The highest BCUT2D eigenvalue weighted by molar-refractivity contribution is 5.22. The minimum Gasteiger partial charge on any atom is -0.303 e. The molecule has 1 atom stereocenters. The molecule has 0 aliphatic heterocycles. The number of nitrogens with one attached hydrogen (secondary N) is 1. The third-order valence-electron chi connectivity index (χ3n) is 2.02. The maximum Gasteiger partial charge on any atom is 0.0506 e. The van der Waals surface area contributed by atoms with E-state index in [0.717, 1.165) is 12.1 Å². The molecule has 0 aliphatic rings. The quantitative estimate of drug-likeness (QED) is 0.698. The van der Waals surface area contributed by atoms with Crippen molar-refractivity contribution in [3.8, 4) is 0 Å². The van der Waals surface area contributed by atoms with Crippen LogP contribution in [-0.4, -0.2) is 6.54 Å².